The summed E-state index contributed by atoms with van der Waals surface area (Å²) in [6.45, 7) is 1.09. The molecule has 1 atom stereocenters. The molecule has 1 fully saturated rings. The van der Waals surface area contributed by atoms with Crippen LogP contribution in [0.2, 0.25) is 4.47 Å². The lowest BCUT2D eigenvalue weighted by molar-refractivity contribution is 0.0979. The molecule has 2 heterocycles. The van der Waals surface area contributed by atoms with E-state index >= 15 is 0 Å². The van der Waals surface area contributed by atoms with Gasteiger partial charge in [-0.25, -0.2) is 13.4 Å². The zero-order chi connectivity index (χ0) is 12.5. The number of rotatable bonds is 4. The Morgan fingerprint density at radius 2 is 2.47 bits per heavy atom. The van der Waals surface area contributed by atoms with Crippen molar-refractivity contribution in [3.05, 3.63) is 10.7 Å². The molecule has 0 radical (unpaired) electrons. The minimum Gasteiger partial charge on any atom is -0.377 e. The highest BCUT2D eigenvalue weighted by Gasteiger charge is 2.27. The van der Waals surface area contributed by atoms with Gasteiger partial charge in [0, 0.05) is 20.2 Å². The van der Waals surface area contributed by atoms with Crippen molar-refractivity contribution in [2.24, 2.45) is 0 Å². The lowest BCUT2D eigenvalue weighted by atomic mass is 10.2. The van der Waals surface area contributed by atoms with Crippen molar-refractivity contribution in [3.8, 4) is 0 Å². The lowest BCUT2D eigenvalue weighted by Crippen LogP contribution is -2.33. The standard InChI is InChI=1S/C9H13ClN2O3S2/c1-12(6-7-3-2-4-15-7)17(13,14)8-5-11-9(10)16-8/h5,7H,2-4,6H2,1H3. The first-order valence-corrected chi connectivity index (χ1v) is 7.83. The quantitative estimate of drug-likeness (QED) is 0.847. The Balaban J connectivity index is 2.09. The average Bonchev–Trinajstić information content (AvgIpc) is 2.89. The van der Waals surface area contributed by atoms with Crippen LogP contribution in [0.3, 0.4) is 0 Å². The first kappa shape index (κ1) is 13.2. The molecule has 0 spiro atoms. The van der Waals surface area contributed by atoms with Gasteiger partial charge in [-0.15, -0.1) is 0 Å². The largest absolute Gasteiger partial charge is 0.377 e. The molecule has 0 aromatic carbocycles. The third kappa shape index (κ3) is 2.97. The molecule has 0 aliphatic carbocycles. The predicted octanol–water partition coefficient (Wildman–Crippen LogP) is 1.60. The Labute approximate surface area is 109 Å². The molecule has 96 valence electrons. The fourth-order valence-corrected chi connectivity index (χ4v) is 4.39. The number of hydrogen-bond acceptors (Lipinski definition) is 5. The molecule has 0 N–H and O–H groups in total. The number of aromatic nitrogens is 1. The number of thiazole rings is 1. The monoisotopic (exact) mass is 296 g/mol. The van der Waals surface area contributed by atoms with Crippen molar-refractivity contribution >= 4 is 33.0 Å². The second-order valence-corrected chi connectivity index (χ2v) is 7.74. The van der Waals surface area contributed by atoms with Crippen LogP contribution in [0.4, 0.5) is 0 Å². The van der Waals surface area contributed by atoms with Gasteiger partial charge in [-0.3, -0.25) is 0 Å². The number of ether oxygens (including phenoxy) is 1. The molecule has 8 heteroatoms. The van der Waals surface area contributed by atoms with E-state index in [-0.39, 0.29) is 14.8 Å². The summed E-state index contributed by atoms with van der Waals surface area (Å²) in [4.78, 5) is 3.74. The van der Waals surface area contributed by atoms with Crippen molar-refractivity contribution in [2.75, 3.05) is 20.2 Å². The van der Waals surface area contributed by atoms with E-state index in [4.69, 9.17) is 16.3 Å². The van der Waals surface area contributed by atoms with Crippen molar-refractivity contribution in [1.82, 2.24) is 9.29 Å². The highest BCUT2D eigenvalue weighted by molar-refractivity contribution is 7.91. The topological polar surface area (TPSA) is 59.5 Å². The zero-order valence-electron chi connectivity index (χ0n) is 9.30. The summed E-state index contributed by atoms with van der Waals surface area (Å²) in [5.41, 5.74) is 0. The predicted molar refractivity (Wildman–Crippen MR) is 65.9 cm³/mol. The summed E-state index contributed by atoms with van der Waals surface area (Å²) in [5, 5.41) is 0. The molecule has 2 rings (SSSR count). The number of halogens is 1. The number of hydrogen-bond donors (Lipinski definition) is 0. The van der Waals surface area contributed by atoms with Crippen LogP contribution < -0.4 is 0 Å². The molecule has 0 bridgehead atoms. The Kier molecular flexibility index (Phi) is 4.04. The average molecular weight is 297 g/mol. The van der Waals surface area contributed by atoms with Gasteiger partial charge in [0.1, 0.15) is 0 Å². The maximum atomic E-state index is 12.1. The summed E-state index contributed by atoms with van der Waals surface area (Å²) >= 11 is 6.61. The van der Waals surface area contributed by atoms with E-state index in [0.29, 0.717) is 13.2 Å². The third-order valence-corrected chi connectivity index (χ3v) is 5.98. The lowest BCUT2D eigenvalue weighted by Gasteiger charge is -2.19. The van der Waals surface area contributed by atoms with Crippen LogP contribution >= 0.6 is 22.9 Å². The summed E-state index contributed by atoms with van der Waals surface area (Å²) in [5.74, 6) is 0. The molecule has 1 unspecified atom stereocenters. The molecule has 5 nitrogen and oxygen atoms in total. The van der Waals surface area contributed by atoms with Crippen molar-refractivity contribution < 1.29 is 13.2 Å². The van der Waals surface area contributed by atoms with E-state index in [1.807, 2.05) is 0 Å². The van der Waals surface area contributed by atoms with Gasteiger partial charge in [-0.1, -0.05) is 22.9 Å². The van der Waals surface area contributed by atoms with Gasteiger partial charge >= 0.3 is 0 Å². The molecule has 1 aliphatic heterocycles. The second-order valence-electron chi connectivity index (χ2n) is 3.85. The summed E-state index contributed by atoms with van der Waals surface area (Å²) in [6.07, 6.45) is 3.18. The smallest absolute Gasteiger partial charge is 0.254 e. The Morgan fingerprint density at radius 1 is 1.71 bits per heavy atom. The van der Waals surface area contributed by atoms with Crippen LogP contribution in [-0.2, 0) is 14.8 Å². The highest BCUT2D eigenvalue weighted by atomic mass is 35.5. The minimum absolute atomic E-state index is 0.00170. The SMILES string of the molecule is CN(CC1CCCO1)S(=O)(=O)c1cnc(Cl)s1. The van der Waals surface area contributed by atoms with E-state index in [9.17, 15) is 8.42 Å². The summed E-state index contributed by atoms with van der Waals surface area (Å²) in [6, 6.07) is 0. The van der Waals surface area contributed by atoms with Crippen LogP contribution in [0.15, 0.2) is 10.4 Å². The van der Waals surface area contributed by atoms with Crippen LogP contribution in [0.25, 0.3) is 0 Å². The maximum Gasteiger partial charge on any atom is 0.254 e. The van der Waals surface area contributed by atoms with Gasteiger partial charge in [0.15, 0.2) is 8.68 Å². The molecule has 0 saturated carbocycles. The molecule has 1 aromatic rings. The van der Waals surface area contributed by atoms with Crippen molar-refractivity contribution in [2.45, 2.75) is 23.2 Å². The Hall–Kier alpha value is -0.210. The fourth-order valence-electron chi connectivity index (χ4n) is 1.69. The van der Waals surface area contributed by atoms with Crippen LogP contribution in [0.5, 0.6) is 0 Å². The Bertz CT molecular complexity index is 482. The van der Waals surface area contributed by atoms with E-state index in [1.165, 1.54) is 10.5 Å². The molecule has 1 aromatic heterocycles. The van der Waals surface area contributed by atoms with Gasteiger partial charge in [-0.2, -0.15) is 4.31 Å². The van der Waals surface area contributed by atoms with E-state index in [1.54, 1.807) is 7.05 Å². The van der Waals surface area contributed by atoms with Crippen molar-refractivity contribution in [3.63, 3.8) is 0 Å². The first-order chi connectivity index (χ1) is 8.00. The van der Waals surface area contributed by atoms with E-state index < -0.39 is 10.0 Å². The van der Waals surface area contributed by atoms with Crippen LogP contribution in [-0.4, -0.2) is 44.0 Å². The number of likely N-dealkylation sites (N-methyl/N-ethyl adjacent to an activating group) is 1. The highest BCUT2D eigenvalue weighted by Crippen LogP contribution is 2.25. The molecule has 0 amide bonds. The van der Waals surface area contributed by atoms with E-state index in [2.05, 4.69) is 4.98 Å². The van der Waals surface area contributed by atoms with Gasteiger partial charge in [-0.05, 0) is 12.8 Å². The van der Waals surface area contributed by atoms with Crippen LogP contribution in [0.1, 0.15) is 12.8 Å². The molecule has 17 heavy (non-hydrogen) atoms. The third-order valence-electron chi connectivity index (χ3n) is 2.61. The number of nitrogens with zero attached hydrogens (tertiary/aromatic N) is 2. The minimum atomic E-state index is -3.48. The molecular weight excluding hydrogens is 284 g/mol. The van der Waals surface area contributed by atoms with E-state index in [0.717, 1.165) is 24.2 Å². The fraction of sp³-hybridized carbons (Fsp3) is 0.667. The van der Waals surface area contributed by atoms with Gasteiger partial charge in [0.05, 0.1) is 12.3 Å². The molecule has 1 aliphatic rings. The van der Waals surface area contributed by atoms with Gasteiger partial charge < -0.3 is 4.74 Å². The van der Waals surface area contributed by atoms with Gasteiger partial charge in [0.25, 0.3) is 10.0 Å². The molecular formula is C9H13ClN2O3S2. The normalized spacial score (nSPS) is 21.2. The summed E-state index contributed by atoms with van der Waals surface area (Å²) < 4.78 is 31.3. The summed E-state index contributed by atoms with van der Waals surface area (Å²) in [7, 11) is -1.93. The van der Waals surface area contributed by atoms with Gasteiger partial charge in [0.2, 0.25) is 0 Å². The first-order valence-electron chi connectivity index (χ1n) is 5.19. The maximum absolute atomic E-state index is 12.1. The Morgan fingerprint density at radius 3 is 3.00 bits per heavy atom. The number of sulfonamides is 1. The van der Waals surface area contributed by atoms with Crippen LogP contribution in [0, 0.1) is 0 Å². The second kappa shape index (κ2) is 5.19. The zero-order valence-corrected chi connectivity index (χ0v) is 11.7. The van der Waals surface area contributed by atoms with Crippen molar-refractivity contribution in [1.29, 1.82) is 0 Å². The molecule has 1 saturated heterocycles.